The Labute approximate surface area is 127 Å². The van der Waals surface area contributed by atoms with Crippen LogP contribution in [0.25, 0.3) is 0 Å². The molecule has 0 radical (unpaired) electrons. The third-order valence-corrected chi connectivity index (χ3v) is 3.14. The summed E-state index contributed by atoms with van der Waals surface area (Å²) in [4.78, 5) is 12.2. The van der Waals surface area contributed by atoms with Gasteiger partial charge in [-0.05, 0) is 37.8 Å². The number of hydrazone groups is 1. The van der Waals surface area contributed by atoms with Crippen LogP contribution in [0.15, 0.2) is 29.4 Å². The van der Waals surface area contributed by atoms with Crippen LogP contribution in [0.5, 0.6) is 5.75 Å². The van der Waals surface area contributed by atoms with Crippen LogP contribution in [-0.4, -0.2) is 18.2 Å². The topological polar surface area (TPSA) is 50.7 Å². The van der Waals surface area contributed by atoms with Crippen LogP contribution in [0, 0.1) is 0 Å². The lowest BCUT2D eigenvalue weighted by atomic mass is 10.1. The maximum absolute atomic E-state index is 12.2. The molecular weight excluding hydrogens is 264 g/mol. The number of ether oxygens (including phenoxy) is 1. The van der Waals surface area contributed by atoms with E-state index in [1.165, 1.54) is 0 Å². The van der Waals surface area contributed by atoms with Crippen molar-refractivity contribution in [1.29, 1.82) is 0 Å². The second kappa shape index (κ2) is 9.97. The van der Waals surface area contributed by atoms with Gasteiger partial charge in [-0.25, -0.2) is 5.43 Å². The highest BCUT2D eigenvalue weighted by atomic mass is 16.5. The SMILES string of the molecule is CCCC/C(CC)=N/NC(=O)c1ccccc1OCCC. The third-order valence-electron chi connectivity index (χ3n) is 3.14. The molecule has 116 valence electrons. The second-order valence-electron chi connectivity index (χ2n) is 4.92. The second-order valence-corrected chi connectivity index (χ2v) is 4.92. The average molecular weight is 290 g/mol. The minimum absolute atomic E-state index is 0.218. The summed E-state index contributed by atoms with van der Waals surface area (Å²) in [5.74, 6) is 0.391. The lowest BCUT2D eigenvalue weighted by molar-refractivity contribution is 0.0950. The van der Waals surface area contributed by atoms with Crippen LogP contribution in [0.2, 0.25) is 0 Å². The highest BCUT2D eigenvalue weighted by Gasteiger charge is 2.11. The molecule has 4 nitrogen and oxygen atoms in total. The van der Waals surface area contributed by atoms with Crippen molar-refractivity contribution in [1.82, 2.24) is 5.43 Å². The molecule has 4 heteroatoms. The summed E-state index contributed by atoms with van der Waals surface area (Å²) in [7, 11) is 0. The molecular formula is C17H26N2O2. The van der Waals surface area contributed by atoms with Crippen molar-refractivity contribution in [2.45, 2.75) is 52.9 Å². The molecule has 1 amide bonds. The van der Waals surface area contributed by atoms with E-state index < -0.39 is 0 Å². The summed E-state index contributed by atoms with van der Waals surface area (Å²) >= 11 is 0. The van der Waals surface area contributed by atoms with Crippen molar-refractivity contribution in [3.63, 3.8) is 0 Å². The lowest BCUT2D eigenvalue weighted by Crippen LogP contribution is -2.20. The Hall–Kier alpha value is -1.84. The fraction of sp³-hybridized carbons (Fsp3) is 0.529. The number of nitrogens with zero attached hydrogens (tertiary/aromatic N) is 1. The maximum atomic E-state index is 12.2. The molecule has 0 atom stereocenters. The molecule has 21 heavy (non-hydrogen) atoms. The normalized spacial score (nSPS) is 11.3. The Morgan fingerprint density at radius 3 is 2.62 bits per heavy atom. The predicted octanol–water partition coefficient (Wildman–Crippen LogP) is 4.16. The van der Waals surface area contributed by atoms with Crippen molar-refractivity contribution in [3.05, 3.63) is 29.8 Å². The number of nitrogens with one attached hydrogen (secondary N) is 1. The largest absolute Gasteiger partial charge is 0.493 e. The van der Waals surface area contributed by atoms with Crippen LogP contribution in [0.3, 0.4) is 0 Å². The Morgan fingerprint density at radius 2 is 1.95 bits per heavy atom. The first-order valence-electron chi connectivity index (χ1n) is 7.80. The number of carbonyl (C=O) groups is 1. The van der Waals surface area contributed by atoms with E-state index in [2.05, 4.69) is 24.4 Å². The van der Waals surface area contributed by atoms with E-state index in [0.717, 1.165) is 37.8 Å². The van der Waals surface area contributed by atoms with Crippen molar-refractivity contribution < 1.29 is 9.53 Å². The van der Waals surface area contributed by atoms with Gasteiger partial charge in [-0.15, -0.1) is 0 Å². The van der Waals surface area contributed by atoms with Crippen molar-refractivity contribution in [2.24, 2.45) is 5.10 Å². The summed E-state index contributed by atoms with van der Waals surface area (Å²) in [5, 5.41) is 4.24. The van der Waals surface area contributed by atoms with Crippen LogP contribution < -0.4 is 10.2 Å². The van der Waals surface area contributed by atoms with Crippen molar-refractivity contribution in [3.8, 4) is 5.75 Å². The van der Waals surface area contributed by atoms with Crippen LogP contribution in [0.1, 0.15) is 63.2 Å². The van der Waals surface area contributed by atoms with Gasteiger partial charge in [0.25, 0.3) is 5.91 Å². The maximum Gasteiger partial charge on any atom is 0.275 e. The Kier molecular flexibility index (Phi) is 8.17. The van der Waals surface area contributed by atoms with Gasteiger partial charge in [0, 0.05) is 5.71 Å². The Morgan fingerprint density at radius 1 is 1.19 bits per heavy atom. The number of hydrogen-bond acceptors (Lipinski definition) is 3. The van der Waals surface area contributed by atoms with E-state index in [-0.39, 0.29) is 5.91 Å². The van der Waals surface area contributed by atoms with Crippen molar-refractivity contribution in [2.75, 3.05) is 6.61 Å². The molecule has 0 heterocycles. The Balaban J connectivity index is 2.72. The van der Waals surface area contributed by atoms with E-state index in [0.29, 0.717) is 17.9 Å². The molecule has 0 aliphatic rings. The molecule has 0 aliphatic carbocycles. The first-order chi connectivity index (χ1) is 10.2. The van der Waals surface area contributed by atoms with E-state index in [4.69, 9.17) is 4.74 Å². The van der Waals surface area contributed by atoms with E-state index in [1.807, 2.05) is 25.1 Å². The first-order valence-corrected chi connectivity index (χ1v) is 7.80. The highest BCUT2D eigenvalue weighted by molar-refractivity contribution is 5.97. The summed E-state index contributed by atoms with van der Waals surface area (Å²) in [6, 6.07) is 7.26. The zero-order valence-corrected chi connectivity index (χ0v) is 13.3. The number of carbonyl (C=O) groups excluding carboxylic acids is 1. The summed E-state index contributed by atoms with van der Waals surface area (Å²) in [5.41, 5.74) is 4.20. The number of rotatable bonds is 9. The van der Waals surface area contributed by atoms with Gasteiger partial charge in [0.15, 0.2) is 0 Å². The number of benzene rings is 1. The summed E-state index contributed by atoms with van der Waals surface area (Å²) < 4.78 is 5.60. The van der Waals surface area contributed by atoms with Gasteiger partial charge in [-0.2, -0.15) is 5.10 Å². The minimum atomic E-state index is -0.218. The van der Waals surface area contributed by atoms with Crippen LogP contribution >= 0.6 is 0 Å². The standard InChI is InChI=1S/C17H26N2O2/c1-4-7-10-14(6-3)18-19-17(20)15-11-8-9-12-16(15)21-13-5-2/h8-9,11-12H,4-7,10,13H2,1-3H3,(H,19,20)/b18-14+. The fourth-order valence-corrected chi connectivity index (χ4v) is 1.87. The molecule has 1 aromatic carbocycles. The zero-order chi connectivity index (χ0) is 15.5. The molecule has 0 spiro atoms. The molecule has 0 bridgehead atoms. The van der Waals surface area contributed by atoms with Gasteiger partial charge in [-0.1, -0.05) is 39.3 Å². The van der Waals surface area contributed by atoms with Gasteiger partial charge in [0.1, 0.15) is 5.75 Å². The number of unbranched alkanes of at least 4 members (excludes halogenated alkanes) is 1. The average Bonchev–Trinajstić information content (AvgIpc) is 2.53. The molecule has 0 fully saturated rings. The minimum Gasteiger partial charge on any atom is -0.493 e. The van der Waals surface area contributed by atoms with Crippen molar-refractivity contribution >= 4 is 11.6 Å². The number of hydrogen-bond donors (Lipinski definition) is 1. The zero-order valence-electron chi connectivity index (χ0n) is 13.3. The monoisotopic (exact) mass is 290 g/mol. The number of para-hydroxylation sites is 1. The predicted molar refractivity (Wildman–Crippen MR) is 86.9 cm³/mol. The van der Waals surface area contributed by atoms with E-state index in [9.17, 15) is 4.79 Å². The highest BCUT2D eigenvalue weighted by Crippen LogP contribution is 2.18. The van der Waals surface area contributed by atoms with Gasteiger partial charge >= 0.3 is 0 Å². The van der Waals surface area contributed by atoms with E-state index in [1.54, 1.807) is 6.07 Å². The molecule has 1 rings (SSSR count). The first kappa shape index (κ1) is 17.2. The molecule has 1 aromatic rings. The molecule has 1 N–H and O–H groups in total. The molecule has 0 aromatic heterocycles. The van der Waals surface area contributed by atoms with E-state index >= 15 is 0 Å². The van der Waals surface area contributed by atoms with Gasteiger partial charge in [0.2, 0.25) is 0 Å². The summed E-state index contributed by atoms with van der Waals surface area (Å²) in [6.07, 6.45) is 4.92. The summed E-state index contributed by atoms with van der Waals surface area (Å²) in [6.45, 7) is 6.84. The molecule has 0 aliphatic heterocycles. The van der Waals surface area contributed by atoms with Crippen LogP contribution in [0.4, 0.5) is 0 Å². The number of amides is 1. The van der Waals surface area contributed by atoms with Gasteiger partial charge in [-0.3, -0.25) is 4.79 Å². The molecule has 0 saturated carbocycles. The smallest absolute Gasteiger partial charge is 0.275 e. The van der Waals surface area contributed by atoms with Gasteiger partial charge in [0.05, 0.1) is 12.2 Å². The fourth-order valence-electron chi connectivity index (χ4n) is 1.87. The Bertz CT molecular complexity index is 470. The third kappa shape index (κ3) is 5.98. The van der Waals surface area contributed by atoms with Gasteiger partial charge < -0.3 is 4.74 Å². The van der Waals surface area contributed by atoms with Crippen LogP contribution in [-0.2, 0) is 0 Å². The lowest BCUT2D eigenvalue weighted by Gasteiger charge is -2.10. The molecule has 0 saturated heterocycles. The quantitative estimate of drug-likeness (QED) is 0.548. The molecule has 0 unspecified atom stereocenters.